The minimum absolute atomic E-state index is 0.771. The molecule has 4 nitrogen and oxygen atoms in total. The van der Waals surface area contributed by atoms with Gasteiger partial charge in [0.25, 0.3) is 0 Å². The fraction of sp³-hybridized carbons (Fsp3) is 1.00. The van der Waals surface area contributed by atoms with E-state index in [1.165, 1.54) is 0 Å². The second kappa shape index (κ2) is 13.8. The topological polar surface area (TPSA) is 36.9 Å². The quantitative estimate of drug-likeness (QED) is 0.467. The summed E-state index contributed by atoms with van der Waals surface area (Å²) in [7, 11) is 3.40. The molecule has 0 atom stereocenters. The van der Waals surface area contributed by atoms with Gasteiger partial charge in [-0.1, -0.05) is 0 Å². The van der Waals surface area contributed by atoms with Crippen molar-refractivity contribution in [3.05, 3.63) is 0 Å². The van der Waals surface area contributed by atoms with Crippen LogP contribution in [0.1, 0.15) is 19.3 Å². The summed E-state index contributed by atoms with van der Waals surface area (Å²) < 4.78 is 20.6. The predicted octanol–water partition coefficient (Wildman–Crippen LogP) is 1.48. The van der Waals surface area contributed by atoms with Gasteiger partial charge in [0, 0.05) is 53.9 Å². The molecule has 0 saturated carbocycles. The van der Waals surface area contributed by atoms with Crippen LogP contribution in [0.15, 0.2) is 0 Å². The van der Waals surface area contributed by atoms with E-state index in [9.17, 15) is 0 Å². The summed E-state index contributed by atoms with van der Waals surface area (Å²) in [5.74, 6) is 0. The van der Waals surface area contributed by atoms with E-state index < -0.39 is 0 Å². The molecule has 4 heteroatoms. The molecule has 0 amide bonds. The van der Waals surface area contributed by atoms with Gasteiger partial charge in [-0.05, 0) is 19.3 Å². The Morgan fingerprint density at radius 3 is 1.20 bits per heavy atom. The third-order valence-electron chi connectivity index (χ3n) is 1.85. The number of hydrogen-bond donors (Lipinski definition) is 0. The molecule has 0 rings (SSSR count). The Kier molecular flexibility index (Phi) is 13.7. The molecule has 0 aromatic heterocycles. The van der Waals surface area contributed by atoms with Crippen molar-refractivity contribution in [2.45, 2.75) is 19.3 Å². The molecule has 15 heavy (non-hydrogen) atoms. The van der Waals surface area contributed by atoms with Crippen LogP contribution >= 0.6 is 0 Å². The maximum atomic E-state index is 5.38. The van der Waals surface area contributed by atoms with E-state index >= 15 is 0 Å². The van der Waals surface area contributed by atoms with E-state index in [0.29, 0.717) is 0 Å². The van der Waals surface area contributed by atoms with Gasteiger partial charge in [-0.15, -0.1) is 0 Å². The fourth-order valence-corrected chi connectivity index (χ4v) is 1.08. The largest absolute Gasteiger partial charge is 0.385 e. The van der Waals surface area contributed by atoms with Crippen LogP contribution in [0.3, 0.4) is 0 Å². The SMILES string of the molecule is COCCCOCCCOCCCOC. The molecule has 0 aromatic rings. The minimum Gasteiger partial charge on any atom is -0.385 e. The molecule has 0 aliphatic carbocycles. The minimum atomic E-state index is 0.771. The van der Waals surface area contributed by atoms with Gasteiger partial charge in [0.2, 0.25) is 0 Å². The monoisotopic (exact) mass is 220 g/mol. The highest BCUT2D eigenvalue weighted by molar-refractivity contribution is 4.38. The van der Waals surface area contributed by atoms with Crippen LogP contribution in [0.25, 0.3) is 0 Å². The standard InChI is InChI=1S/C11H24O4/c1-12-6-3-8-14-10-5-11-15-9-4-7-13-2/h3-11H2,1-2H3. The van der Waals surface area contributed by atoms with Gasteiger partial charge in [-0.3, -0.25) is 0 Å². The summed E-state index contributed by atoms with van der Waals surface area (Å²) in [6.07, 6.45) is 2.89. The van der Waals surface area contributed by atoms with Crippen molar-refractivity contribution in [1.29, 1.82) is 0 Å². The lowest BCUT2D eigenvalue weighted by Crippen LogP contribution is -2.05. The lowest BCUT2D eigenvalue weighted by molar-refractivity contribution is 0.0642. The van der Waals surface area contributed by atoms with Crippen LogP contribution in [-0.2, 0) is 18.9 Å². The zero-order chi connectivity index (χ0) is 11.2. The third-order valence-corrected chi connectivity index (χ3v) is 1.85. The van der Waals surface area contributed by atoms with Crippen molar-refractivity contribution >= 4 is 0 Å². The van der Waals surface area contributed by atoms with E-state index in [4.69, 9.17) is 18.9 Å². The van der Waals surface area contributed by atoms with Crippen LogP contribution in [0, 0.1) is 0 Å². The van der Waals surface area contributed by atoms with Crippen LogP contribution < -0.4 is 0 Å². The molecule has 0 heterocycles. The molecular weight excluding hydrogens is 196 g/mol. The summed E-state index contributed by atoms with van der Waals surface area (Å²) in [6.45, 7) is 4.64. The second-order valence-electron chi connectivity index (χ2n) is 3.27. The van der Waals surface area contributed by atoms with Crippen molar-refractivity contribution in [2.75, 3.05) is 53.9 Å². The zero-order valence-corrected chi connectivity index (χ0v) is 10.00. The first-order valence-electron chi connectivity index (χ1n) is 5.55. The van der Waals surface area contributed by atoms with Crippen molar-refractivity contribution < 1.29 is 18.9 Å². The van der Waals surface area contributed by atoms with Crippen molar-refractivity contribution in [3.8, 4) is 0 Å². The van der Waals surface area contributed by atoms with Gasteiger partial charge in [-0.25, -0.2) is 0 Å². The average molecular weight is 220 g/mol. The van der Waals surface area contributed by atoms with Crippen molar-refractivity contribution in [3.63, 3.8) is 0 Å². The van der Waals surface area contributed by atoms with Crippen LogP contribution in [0.2, 0.25) is 0 Å². The maximum absolute atomic E-state index is 5.38. The number of ether oxygens (including phenoxy) is 4. The average Bonchev–Trinajstić information content (AvgIpc) is 2.26. The molecular formula is C11H24O4. The molecule has 0 bridgehead atoms. The Morgan fingerprint density at radius 2 is 0.867 bits per heavy atom. The van der Waals surface area contributed by atoms with E-state index in [1.54, 1.807) is 14.2 Å². The molecule has 92 valence electrons. The Labute approximate surface area is 92.8 Å². The summed E-state index contributed by atoms with van der Waals surface area (Å²) >= 11 is 0. The summed E-state index contributed by atoms with van der Waals surface area (Å²) in [6, 6.07) is 0. The molecule has 0 saturated heterocycles. The molecule has 0 aromatic carbocycles. The second-order valence-corrected chi connectivity index (χ2v) is 3.27. The molecule has 0 unspecified atom stereocenters. The summed E-state index contributed by atoms with van der Waals surface area (Å²) in [5, 5.41) is 0. The van der Waals surface area contributed by atoms with E-state index in [2.05, 4.69) is 0 Å². The molecule has 0 aliphatic heterocycles. The van der Waals surface area contributed by atoms with Gasteiger partial charge in [0.1, 0.15) is 0 Å². The smallest absolute Gasteiger partial charge is 0.0488 e. The van der Waals surface area contributed by atoms with E-state index in [-0.39, 0.29) is 0 Å². The normalized spacial score (nSPS) is 10.8. The molecule has 0 spiro atoms. The van der Waals surface area contributed by atoms with Gasteiger partial charge >= 0.3 is 0 Å². The Bertz CT molecular complexity index is 96.8. The van der Waals surface area contributed by atoms with Crippen LogP contribution in [-0.4, -0.2) is 53.9 Å². The molecule has 0 radical (unpaired) electrons. The summed E-state index contributed by atoms with van der Waals surface area (Å²) in [4.78, 5) is 0. The van der Waals surface area contributed by atoms with E-state index in [1.807, 2.05) is 0 Å². The van der Waals surface area contributed by atoms with Crippen molar-refractivity contribution in [1.82, 2.24) is 0 Å². The number of methoxy groups -OCH3 is 2. The Hall–Kier alpha value is -0.160. The predicted molar refractivity (Wildman–Crippen MR) is 59.2 cm³/mol. The lowest BCUT2D eigenvalue weighted by Gasteiger charge is -2.05. The first kappa shape index (κ1) is 14.8. The van der Waals surface area contributed by atoms with Crippen molar-refractivity contribution in [2.24, 2.45) is 0 Å². The highest BCUT2D eigenvalue weighted by Gasteiger charge is 1.91. The van der Waals surface area contributed by atoms with Crippen LogP contribution in [0.4, 0.5) is 0 Å². The Morgan fingerprint density at radius 1 is 0.533 bits per heavy atom. The van der Waals surface area contributed by atoms with Gasteiger partial charge in [0.05, 0.1) is 0 Å². The van der Waals surface area contributed by atoms with Gasteiger partial charge in [0.15, 0.2) is 0 Å². The lowest BCUT2D eigenvalue weighted by atomic mass is 10.4. The highest BCUT2D eigenvalue weighted by atomic mass is 16.5. The van der Waals surface area contributed by atoms with Crippen LogP contribution in [0.5, 0.6) is 0 Å². The number of rotatable bonds is 12. The highest BCUT2D eigenvalue weighted by Crippen LogP contribution is 1.90. The third kappa shape index (κ3) is 13.8. The van der Waals surface area contributed by atoms with E-state index in [0.717, 1.165) is 58.9 Å². The molecule has 0 aliphatic rings. The first-order chi connectivity index (χ1) is 7.41. The fourth-order valence-electron chi connectivity index (χ4n) is 1.08. The van der Waals surface area contributed by atoms with Gasteiger partial charge in [-0.2, -0.15) is 0 Å². The van der Waals surface area contributed by atoms with Gasteiger partial charge < -0.3 is 18.9 Å². The first-order valence-corrected chi connectivity index (χ1v) is 5.55. The summed E-state index contributed by atoms with van der Waals surface area (Å²) in [5.41, 5.74) is 0. The molecule has 0 N–H and O–H groups in total. The maximum Gasteiger partial charge on any atom is 0.0488 e. The number of hydrogen-bond acceptors (Lipinski definition) is 4. The zero-order valence-electron chi connectivity index (χ0n) is 10.00. The Balaban J connectivity index is 2.81. The molecule has 0 fully saturated rings.